The molecule has 112 valence electrons. The lowest BCUT2D eigenvalue weighted by molar-refractivity contribution is -0.114. The van der Waals surface area contributed by atoms with Gasteiger partial charge in [0.25, 0.3) is 0 Å². The number of anilines is 1. The molecule has 3 nitrogen and oxygen atoms in total. The van der Waals surface area contributed by atoms with Gasteiger partial charge in [0, 0.05) is 23.2 Å². The van der Waals surface area contributed by atoms with Crippen LogP contribution in [0.5, 0.6) is 0 Å². The number of nitrogens with one attached hydrogen (secondary N) is 1. The smallest absolute Gasteiger partial charge is 0.223 e. The summed E-state index contributed by atoms with van der Waals surface area (Å²) in [5.74, 6) is -0.0798. The lowest BCUT2D eigenvalue weighted by Gasteiger charge is -2.02. The third-order valence-corrected chi connectivity index (χ3v) is 4.37. The van der Waals surface area contributed by atoms with E-state index in [9.17, 15) is 4.79 Å². The predicted octanol–water partition coefficient (Wildman–Crippen LogP) is 4.69. The molecule has 0 aliphatic rings. The molecule has 1 amide bonds. The Kier molecular flexibility index (Phi) is 5.76. The van der Waals surface area contributed by atoms with Gasteiger partial charge < -0.3 is 5.32 Å². The highest BCUT2D eigenvalue weighted by molar-refractivity contribution is 7.15. The Labute approximate surface area is 134 Å². The highest BCUT2D eigenvalue weighted by Crippen LogP contribution is 2.27. The number of nitrogens with zero attached hydrogens (tertiary/aromatic N) is 1. The average molecular weight is 323 g/mol. The fourth-order valence-electron chi connectivity index (χ4n) is 2.05. The largest absolute Gasteiger partial charge is 0.302 e. The second kappa shape index (κ2) is 7.57. The number of aromatic nitrogens is 1. The van der Waals surface area contributed by atoms with Gasteiger partial charge in [-0.1, -0.05) is 37.1 Å². The van der Waals surface area contributed by atoms with Crippen LogP contribution in [0.1, 0.15) is 42.8 Å². The summed E-state index contributed by atoms with van der Waals surface area (Å²) in [6, 6.07) is 7.87. The summed E-state index contributed by atoms with van der Waals surface area (Å²) in [6.07, 6.45) is 4.02. The maximum Gasteiger partial charge on any atom is 0.223 e. The molecule has 0 aliphatic carbocycles. The molecule has 0 spiro atoms. The van der Waals surface area contributed by atoms with Crippen molar-refractivity contribution in [3.63, 3.8) is 0 Å². The molecule has 2 rings (SSSR count). The SMILES string of the molecule is CCCCc1nc(NC(C)=O)sc1Cc1ccc(Cl)cc1. The molecule has 0 radical (unpaired) electrons. The number of benzene rings is 1. The zero-order chi connectivity index (χ0) is 15.2. The summed E-state index contributed by atoms with van der Waals surface area (Å²) in [6.45, 7) is 3.67. The Morgan fingerprint density at radius 2 is 2.05 bits per heavy atom. The van der Waals surface area contributed by atoms with Gasteiger partial charge in [0.05, 0.1) is 5.69 Å². The molecular formula is C16H19ClN2OS. The molecule has 0 unspecified atom stereocenters. The van der Waals surface area contributed by atoms with Crippen LogP contribution in [0.2, 0.25) is 5.02 Å². The van der Waals surface area contributed by atoms with E-state index >= 15 is 0 Å². The number of hydrogen-bond acceptors (Lipinski definition) is 3. The van der Waals surface area contributed by atoms with E-state index in [1.54, 1.807) is 11.3 Å². The van der Waals surface area contributed by atoms with Crippen LogP contribution in [0.4, 0.5) is 5.13 Å². The van der Waals surface area contributed by atoms with Crippen LogP contribution in [0.3, 0.4) is 0 Å². The first kappa shape index (κ1) is 16.0. The van der Waals surface area contributed by atoms with Crippen LogP contribution in [-0.2, 0) is 17.6 Å². The molecular weight excluding hydrogens is 304 g/mol. The van der Waals surface area contributed by atoms with Crippen molar-refractivity contribution in [2.24, 2.45) is 0 Å². The highest BCUT2D eigenvalue weighted by atomic mass is 35.5. The Morgan fingerprint density at radius 3 is 2.67 bits per heavy atom. The lowest BCUT2D eigenvalue weighted by atomic mass is 10.1. The zero-order valence-corrected chi connectivity index (χ0v) is 13.9. The zero-order valence-electron chi connectivity index (χ0n) is 12.3. The first-order valence-electron chi connectivity index (χ1n) is 7.09. The van der Waals surface area contributed by atoms with Gasteiger partial charge in [-0.2, -0.15) is 0 Å². The van der Waals surface area contributed by atoms with Crippen LogP contribution in [0, 0.1) is 0 Å². The van der Waals surface area contributed by atoms with Gasteiger partial charge in [-0.25, -0.2) is 4.98 Å². The van der Waals surface area contributed by atoms with E-state index in [-0.39, 0.29) is 5.91 Å². The summed E-state index contributed by atoms with van der Waals surface area (Å²) in [4.78, 5) is 17.0. The second-order valence-corrected chi connectivity index (χ2v) is 6.50. The number of halogens is 1. The van der Waals surface area contributed by atoms with Crippen molar-refractivity contribution >= 4 is 34.0 Å². The molecule has 1 aromatic heterocycles. The van der Waals surface area contributed by atoms with Gasteiger partial charge in [0.1, 0.15) is 0 Å². The third kappa shape index (κ3) is 4.83. The molecule has 5 heteroatoms. The van der Waals surface area contributed by atoms with Crippen molar-refractivity contribution in [2.75, 3.05) is 5.32 Å². The standard InChI is InChI=1S/C16H19ClN2OS/c1-3-4-5-14-15(21-16(19-14)18-11(2)20)10-12-6-8-13(17)9-7-12/h6-9H,3-5,10H2,1-2H3,(H,18,19,20). The van der Waals surface area contributed by atoms with Crippen molar-refractivity contribution in [2.45, 2.75) is 39.5 Å². The number of amides is 1. The van der Waals surface area contributed by atoms with Crippen LogP contribution >= 0.6 is 22.9 Å². The molecule has 0 bridgehead atoms. The number of aryl methyl sites for hydroxylation is 1. The number of carbonyl (C=O) groups excluding carboxylic acids is 1. The molecule has 0 saturated heterocycles. The van der Waals surface area contributed by atoms with Gasteiger partial charge >= 0.3 is 0 Å². The predicted molar refractivity (Wildman–Crippen MR) is 89.3 cm³/mol. The molecule has 1 N–H and O–H groups in total. The Balaban J connectivity index is 2.20. The van der Waals surface area contributed by atoms with Gasteiger partial charge in [-0.15, -0.1) is 11.3 Å². The maximum absolute atomic E-state index is 11.2. The van der Waals surface area contributed by atoms with E-state index in [1.807, 2.05) is 24.3 Å². The summed E-state index contributed by atoms with van der Waals surface area (Å²) >= 11 is 7.48. The molecule has 0 atom stereocenters. The minimum Gasteiger partial charge on any atom is -0.302 e. The van der Waals surface area contributed by atoms with Gasteiger partial charge in [0.15, 0.2) is 5.13 Å². The fraction of sp³-hybridized carbons (Fsp3) is 0.375. The third-order valence-electron chi connectivity index (χ3n) is 3.11. The second-order valence-electron chi connectivity index (χ2n) is 4.98. The van der Waals surface area contributed by atoms with E-state index in [1.165, 1.54) is 17.4 Å². The minimum absolute atomic E-state index is 0.0798. The van der Waals surface area contributed by atoms with E-state index in [4.69, 9.17) is 11.6 Å². The average Bonchev–Trinajstić information content (AvgIpc) is 2.80. The number of thiazole rings is 1. The normalized spacial score (nSPS) is 10.6. The van der Waals surface area contributed by atoms with E-state index in [0.29, 0.717) is 5.13 Å². The molecule has 21 heavy (non-hydrogen) atoms. The van der Waals surface area contributed by atoms with Crippen molar-refractivity contribution in [1.29, 1.82) is 0 Å². The quantitative estimate of drug-likeness (QED) is 0.838. The summed E-state index contributed by atoms with van der Waals surface area (Å²) < 4.78 is 0. The first-order chi connectivity index (χ1) is 10.1. The molecule has 0 fully saturated rings. The van der Waals surface area contributed by atoms with E-state index in [2.05, 4.69) is 17.2 Å². The Hall–Kier alpha value is -1.39. The van der Waals surface area contributed by atoms with Crippen LogP contribution in [0.25, 0.3) is 0 Å². The summed E-state index contributed by atoms with van der Waals surface area (Å²) in [7, 11) is 0. The van der Waals surface area contributed by atoms with Crippen LogP contribution in [0.15, 0.2) is 24.3 Å². The van der Waals surface area contributed by atoms with Crippen molar-refractivity contribution < 1.29 is 4.79 Å². The van der Waals surface area contributed by atoms with Crippen molar-refractivity contribution in [3.05, 3.63) is 45.4 Å². The highest BCUT2D eigenvalue weighted by Gasteiger charge is 2.12. The van der Waals surface area contributed by atoms with Crippen molar-refractivity contribution in [3.8, 4) is 0 Å². The maximum atomic E-state index is 11.2. The van der Waals surface area contributed by atoms with Gasteiger partial charge in [-0.05, 0) is 30.5 Å². The number of unbranched alkanes of at least 4 members (excludes halogenated alkanes) is 1. The summed E-state index contributed by atoms with van der Waals surface area (Å²) in [5, 5.41) is 4.22. The molecule has 0 saturated carbocycles. The molecule has 2 aromatic rings. The Bertz CT molecular complexity index is 607. The minimum atomic E-state index is -0.0798. The summed E-state index contributed by atoms with van der Waals surface area (Å²) in [5.41, 5.74) is 2.30. The first-order valence-corrected chi connectivity index (χ1v) is 8.28. The lowest BCUT2D eigenvalue weighted by Crippen LogP contribution is -2.05. The Morgan fingerprint density at radius 1 is 1.33 bits per heavy atom. The van der Waals surface area contributed by atoms with Gasteiger partial charge in [0.2, 0.25) is 5.91 Å². The monoisotopic (exact) mass is 322 g/mol. The number of rotatable bonds is 6. The number of hydrogen-bond donors (Lipinski definition) is 1. The van der Waals surface area contributed by atoms with Crippen LogP contribution in [-0.4, -0.2) is 10.9 Å². The number of carbonyl (C=O) groups is 1. The fourth-order valence-corrected chi connectivity index (χ4v) is 3.27. The van der Waals surface area contributed by atoms with E-state index < -0.39 is 0 Å². The topological polar surface area (TPSA) is 42.0 Å². The van der Waals surface area contributed by atoms with E-state index in [0.717, 1.165) is 36.4 Å². The van der Waals surface area contributed by atoms with Gasteiger partial charge in [-0.3, -0.25) is 4.79 Å². The molecule has 1 aromatic carbocycles. The molecule has 1 heterocycles. The molecule has 0 aliphatic heterocycles. The van der Waals surface area contributed by atoms with Crippen molar-refractivity contribution in [1.82, 2.24) is 4.98 Å². The van der Waals surface area contributed by atoms with Crippen LogP contribution < -0.4 is 5.32 Å².